The van der Waals surface area contributed by atoms with Crippen LogP contribution >= 0.6 is 27.7 Å². The first-order valence-corrected chi connectivity index (χ1v) is 9.07. The summed E-state index contributed by atoms with van der Waals surface area (Å²) in [5.41, 5.74) is 1.15. The molecule has 19 heavy (non-hydrogen) atoms. The van der Waals surface area contributed by atoms with E-state index >= 15 is 0 Å². The first kappa shape index (κ1) is 13.9. The Labute approximate surface area is 126 Å². The quantitative estimate of drug-likeness (QED) is 0.787. The summed E-state index contributed by atoms with van der Waals surface area (Å²) in [5, 5.41) is 8.64. The number of hydrogen-bond acceptors (Lipinski definition) is 4. The molecule has 0 saturated carbocycles. The van der Waals surface area contributed by atoms with Crippen LogP contribution in [0.15, 0.2) is 6.20 Å². The van der Waals surface area contributed by atoms with Gasteiger partial charge in [0.1, 0.15) is 0 Å². The number of aromatic nitrogens is 3. The lowest BCUT2D eigenvalue weighted by atomic mass is 9.90. The highest BCUT2D eigenvalue weighted by Gasteiger charge is 2.41. The number of hydrogen-bond donors (Lipinski definition) is 0. The zero-order chi connectivity index (χ0) is 13.3. The van der Waals surface area contributed by atoms with E-state index in [-0.39, 0.29) is 5.60 Å². The second-order valence-electron chi connectivity index (χ2n) is 5.48. The van der Waals surface area contributed by atoms with Crippen LogP contribution in [-0.2, 0) is 4.74 Å². The van der Waals surface area contributed by atoms with Crippen molar-refractivity contribution >= 4 is 27.7 Å². The lowest BCUT2D eigenvalue weighted by Crippen LogP contribution is -2.40. The second kappa shape index (κ2) is 5.74. The predicted molar refractivity (Wildman–Crippen MR) is 80.9 cm³/mol. The molecule has 0 radical (unpaired) electrons. The molecule has 4 nitrogen and oxygen atoms in total. The summed E-state index contributed by atoms with van der Waals surface area (Å²) in [6.45, 7) is 3.00. The number of rotatable bonds is 3. The fraction of sp³-hybridized carbons (Fsp3) is 0.846. The SMILES string of the molecule is CCC(Br)c1cn(C2CCOC3(CCSC3)C2)nn1. The molecule has 1 aromatic rings. The fourth-order valence-corrected chi connectivity index (χ4v) is 4.50. The van der Waals surface area contributed by atoms with Crippen LogP contribution in [0, 0.1) is 0 Å². The molecule has 2 aliphatic rings. The van der Waals surface area contributed by atoms with E-state index in [2.05, 4.69) is 44.0 Å². The van der Waals surface area contributed by atoms with Crippen molar-refractivity contribution in [2.45, 2.75) is 49.1 Å². The summed E-state index contributed by atoms with van der Waals surface area (Å²) >= 11 is 5.65. The molecule has 0 bridgehead atoms. The zero-order valence-corrected chi connectivity index (χ0v) is 13.6. The van der Waals surface area contributed by atoms with Crippen molar-refractivity contribution in [2.75, 3.05) is 18.1 Å². The van der Waals surface area contributed by atoms with Crippen LogP contribution in [0.2, 0.25) is 0 Å². The van der Waals surface area contributed by atoms with Gasteiger partial charge in [-0.25, -0.2) is 4.68 Å². The van der Waals surface area contributed by atoms with E-state index in [9.17, 15) is 0 Å². The van der Waals surface area contributed by atoms with Gasteiger partial charge in [-0.2, -0.15) is 11.8 Å². The molecule has 106 valence electrons. The molecule has 3 unspecified atom stereocenters. The molecule has 1 spiro atoms. The third-order valence-corrected chi connectivity index (χ3v) is 6.46. The predicted octanol–water partition coefficient (Wildman–Crippen LogP) is 3.35. The number of halogens is 1. The van der Waals surface area contributed by atoms with Crippen molar-refractivity contribution in [2.24, 2.45) is 0 Å². The van der Waals surface area contributed by atoms with Crippen LogP contribution in [0.3, 0.4) is 0 Å². The van der Waals surface area contributed by atoms with Crippen molar-refractivity contribution in [3.8, 4) is 0 Å². The Bertz CT molecular complexity index is 433. The Balaban J connectivity index is 1.73. The van der Waals surface area contributed by atoms with Gasteiger partial charge >= 0.3 is 0 Å². The maximum Gasteiger partial charge on any atom is 0.0963 e. The monoisotopic (exact) mass is 345 g/mol. The van der Waals surface area contributed by atoms with Crippen LogP contribution in [0.1, 0.15) is 49.2 Å². The van der Waals surface area contributed by atoms with Gasteiger partial charge < -0.3 is 4.74 Å². The van der Waals surface area contributed by atoms with Gasteiger partial charge in [0.2, 0.25) is 0 Å². The van der Waals surface area contributed by atoms with E-state index < -0.39 is 0 Å². The van der Waals surface area contributed by atoms with E-state index in [1.165, 1.54) is 12.2 Å². The Morgan fingerprint density at radius 1 is 1.68 bits per heavy atom. The van der Waals surface area contributed by atoms with E-state index in [4.69, 9.17) is 4.74 Å². The molecule has 2 aliphatic heterocycles. The number of nitrogens with zero attached hydrogens (tertiary/aromatic N) is 3. The Kier molecular flexibility index (Phi) is 4.19. The maximum atomic E-state index is 6.06. The van der Waals surface area contributed by atoms with Crippen LogP contribution in [-0.4, -0.2) is 38.7 Å². The van der Waals surface area contributed by atoms with Crippen LogP contribution in [0.4, 0.5) is 0 Å². The molecular formula is C13H20BrN3OS. The van der Waals surface area contributed by atoms with Gasteiger partial charge in [0.25, 0.3) is 0 Å². The molecular weight excluding hydrogens is 326 g/mol. The first-order valence-electron chi connectivity index (χ1n) is 7.00. The molecule has 3 atom stereocenters. The van der Waals surface area contributed by atoms with E-state index in [1.807, 2.05) is 11.8 Å². The molecule has 0 aliphatic carbocycles. The topological polar surface area (TPSA) is 39.9 Å². The molecule has 2 saturated heterocycles. The van der Waals surface area contributed by atoms with Crippen LogP contribution in [0.25, 0.3) is 0 Å². The maximum absolute atomic E-state index is 6.06. The highest BCUT2D eigenvalue weighted by molar-refractivity contribution is 9.09. The van der Waals surface area contributed by atoms with E-state index in [0.29, 0.717) is 10.9 Å². The van der Waals surface area contributed by atoms with Crippen LogP contribution < -0.4 is 0 Å². The van der Waals surface area contributed by atoms with E-state index in [1.54, 1.807) is 0 Å². The summed E-state index contributed by atoms with van der Waals surface area (Å²) in [7, 11) is 0. The Morgan fingerprint density at radius 3 is 3.32 bits per heavy atom. The van der Waals surface area contributed by atoms with Gasteiger partial charge in [0, 0.05) is 18.6 Å². The van der Waals surface area contributed by atoms with Crippen molar-refractivity contribution in [1.82, 2.24) is 15.0 Å². The van der Waals surface area contributed by atoms with Crippen molar-refractivity contribution in [3.63, 3.8) is 0 Å². The fourth-order valence-electron chi connectivity index (χ4n) is 2.91. The van der Waals surface area contributed by atoms with Crippen molar-refractivity contribution in [1.29, 1.82) is 0 Å². The molecule has 1 aromatic heterocycles. The Morgan fingerprint density at radius 2 is 2.58 bits per heavy atom. The minimum Gasteiger partial charge on any atom is -0.374 e. The van der Waals surface area contributed by atoms with Gasteiger partial charge in [0.05, 0.1) is 22.2 Å². The van der Waals surface area contributed by atoms with Crippen molar-refractivity contribution in [3.05, 3.63) is 11.9 Å². The number of thioether (sulfide) groups is 1. The minimum atomic E-state index is 0.109. The summed E-state index contributed by atoms with van der Waals surface area (Å²) in [6, 6.07) is 0.449. The minimum absolute atomic E-state index is 0.109. The van der Waals surface area contributed by atoms with Crippen LogP contribution in [0.5, 0.6) is 0 Å². The first-order chi connectivity index (χ1) is 9.22. The average molecular weight is 346 g/mol. The molecule has 6 heteroatoms. The molecule has 0 N–H and O–H groups in total. The molecule has 0 aromatic carbocycles. The average Bonchev–Trinajstić information content (AvgIpc) is 3.08. The standard InChI is InChI=1S/C13H20BrN3OS/c1-2-11(14)12-8-17(16-15-12)10-3-5-18-13(7-10)4-6-19-9-13/h8,10-11H,2-7,9H2,1H3. The smallest absolute Gasteiger partial charge is 0.0963 e. The number of ether oxygens (including phenoxy) is 1. The summed E-state index contributed by atoms with van der Waals surface area (Å²) in [5.74, 6) is 2.37. The zero-order valence-electron chi connectivity index (χ0n) is 11.2. The van der Waals surface area contributed by atoms with Gasteiger partial charge in [-0.3, -0.25) is 0 Å². The van der Waals surface area contributed by atoms with Gasteiger partial charge in [-0.05, 0) is 31.4 Å². The molecule has 2 fully saturated rings. The van der Waals surface area contributed by atoms with E-state index in [0.717, 1.165) is 37.3 Å². The van der Waals surface area contributed by atoms with Gasteiger partial charge in [-0.15, -0.1) is 5.10 Å². The van der Waals surface area contributed by atoms with Crippen molar-refractivity contribution < 1.29 is 4.74 Å². The Hall–Kier alpha value is -0.0700. The molecule has 3 heterocycles. The summed E-state index contributed by atoms with van der Waals surface area (Å²) in [4.78, 5) is 0.317. The lowest BCUT2D eigenvalue weighted by molar-refractivity contribution is -0.0780. The second-order valence-corrected chi connectivity index (χ2v) is 7.69. The molecule has 0 amide bonds. The third kappa shape index (κ3) is 2.85. The summed E-state index contributed by atoms with van der Waals surface area (Å²) in [6.07, 6.45) is 6.46. The largest absolute Gasteiger partial charge is 0.374 e. The normalized spacial score (nSPS) is 32.8. The third-order valence-electron chi connectivity index (χ3n) is 4.12. The highest BCUT2D eigenvalue weighted by Crippen LogP contribution is 2.41. The molecule has 3 rings (SSSR count). The highest BCUT2D eigenvalue weighted by atomic mass is 79.9. The van der Waals surface area contributed by atoms with Gasteiger partial charge in [-0.1, -0.05) is 28.1 Å². The number of alkyl halides is 1. The summed E-state index contributed by atoms with van der Waals surface area (Å²) < 4.78 is 8.12. The lowest BCUT2D eigenvalue weighted by Gasteiger charge is -2.37. The van der Waals surface area contributed by atoms with Gasteiger partial charge in [0.15, 0.2) is 0 Å².